The van der Waals surface area contributed by atoms with Gasteiger partial charge < -0.3 is 0 Å². The van der Waals surface area contributed by atoms with E-state index in [1.54, 1.807) is 0 Å². The van der Waals surface area contributed by atoms with Crippen LogP contribution in [0.1, 0.15) is 26.7 Å². The van der Waals surface area contributed by atoms with Gasteiger partial charge in [0.15, 0.2) is 0 Å². The summed E-state index contributed by atoms with van der Waals surface area (Å²) < 4.78 is 38.9. The van der Waals surface area contributed by atoms with Crippen LogP contribution < -0.4 is 0 Å². The Labute approximate surface area is 116 Å². The van der Waals surface area contributed by atoms with Crippen LogP contribution in [-0.2, 0) is 10.0 Å². The lowest BCUT2D eigenvalue weighted by atomic mass is 10.3. The summed E-state index contributed by atoms with van der Waals surface area (Å²) in [5, 5.41) is 0. The van der Waals surface area contributed by atoms with E-state index < -0.39 is 15.8 Å². The molecule has 0 spiro atoms. The molecule has 0 aromatic heterocycles. The van der Waals surface area contributed by atoms with Gasteiger partial charge in [0.05, 0.1) is 9.37 Å². The molecule has 1 fully saturated rings. The molecule has 3 nitrogen and oxygen atoms in total. The molecule has 1 aromatic carbocycles. The Hall–Kier alpha value is -0.460. The average molecular weight is 338 g/mol. The van der Waals surface area contributed by atoms with Crippen molar-refractivity contribution in [1.29, 1.82) is 0 Å². The van der Waals surface area contributed by atoms with Crippen molar-refractivity contribution >= 4 is 26.0 Å². The second-order valence-corrected chi connectivity index (χ2v) is 6.68. The van der Waals surface area contributed by atoms with Crippen molar-refractivity contribution < 1.29 is 12.8 Å². The molecule has 0 heterocycles. The standard InChI is InChI=1S/C10H11BrFNO2S.C2H6/c1-13(7-2-3-7)16(14,15)8-4-5-9(11)10(12)6-8;1-2/h4-7H,2-3H2,1H3;1-2H3. The predicted molar refractivity (Wildman–Crippen MR) is 73.4 cm³/mol. The van der Waals surface area contributed by atoms with E-state index in [1.165, 1.54) is 23.5 Å². The first-order chi connectivity index (χ1) is 8.43. The van der Waals surface area contributed by atoms with Crippen LogP contribution in [0, 0.1) is 5.82 Å². The fourth-order valence-corrected chi connectivity index (χ4v) is 3.11. The normalized spacial score (nSPS) is 15.2. The molecule has 2 rings (SSSR count). The first kappa shape index (κ1) is 15.6. The molecule has 0 saturated heterocycles. The van der Waals surface area contributed by atoms with Crippen LogP contribution in [0.2, 0.25) is 0 Å². The Morgan fingerprint density at radius 2 is 1.89 bits per heavy atom. The van der Waals surface area contributed by atoms with Gasteiger partial charge in [-0.3, -0.25) is 0 Å². The highest BCUT2D eigenvalue weighted by Gasteiger charge is 2.35. The van der Waals surface area contributed by atoms with Crippen molar-refractivity contribution in [1.82, 2.24) is 4.31 Å². The van der Waals surface area contributed by atoms with Crippen molar-refractivity contribution in [3.63, 3.8) is 0 Å². The van der Waals surface area contributed by atoms with Gasteiger partial charge in [0.1, 0.15) is 5.82 Å². The molecular weight excluding hydrogens is 321 g/mol. The third kappa shape index (κ3) is 3.30. The monoisotopic (exact) mass is 337 g/mol. The van der Waals surface area contributed by atoms with E-state index in [1.807, 2.05) is 13.8 Å². The molecule has 0 amide bonds. The largest absolute Gasteiger partial charge is 0.243 e. The van der Waals surface area contributed by atoms with Gasteiger partial charge in [0, 0.05) is 13.1 Å². The van der Waals surface area contributed by atoms with Crippen LogP contribution in [-0.4, -0.2) is 25.8 Å². The summed E-state index contributed by atoms with van der Waals surface area (Å²) in [4.78, 5) is 0.00241. The summed E-state index contributed by atoms with van der Waals surface area (Å²) in [6, 6.07) is 3.93. The first-order valence-electron chi connectivity index (χ1n) is 5.86. The minimum absolute atomic E-state index is 0.00241. The summed E-state index contributed by atoms with van der Waals surface area (Å²) in [7, 11) is -2.01. The van der Waals surface area contributed by atoms with Gasteiger partial charge in [-0.2, -0.15) is 4.31 Å². The molecule has 18 heavy (non-hydrogen) atoms. The molecule has 1 aliphatic rings. The highest BCUT2D eigenvalue weighted by atomic mass is 79.9. The highest BCUT2D eigenvalue weighted by Crippen LogP contribution is 2.31. The molecule has 0 atom stereocenters. The third-order valence-corrected chi connectivity index (χ3v) is 5.18. The number of rotatable bonds is 3. The summed E-state index contributed by atoms with van der Waals surface area (Å²) in [5.74, 6) is -0.565. The summed E-state index contributed by atoms with van der Waals surface area (Å²) in [5.41, 5.74) is 0. The maximum absolute atomic E-state index is 13.3. The number of hydrogen-bond donors (Lipinski definition) is 0. The molecule has 1 aliphatic carbocycles. The zero-order valence-electron chi connectivity index (χ0n) is 10.7. The van der Waals surface area contributed by atoms with E-state index >= 15 is 0 Å². The van der Waals surface area contributed by atoms with Crippen molar-refractivity contribution in [2.24, 2.45) is 0 Å². The van der Waals surface area contributed by atoms with Crippen molar-refractivity contribution in [3.05, 3.63) is 28.5 Å². The molecule has 6 heteroatoms. The van der Waals surface area contributed by atoms with Gasteiger partial charge >= 0.3 is 0 Å². The number of sulfonamides is 1. The summed E-state index contributed by atoms with van der Waals surface area (Å²) in [6.45, 7) is 4.00. The molecule has 0 radical (unpaired) electrons. The zero-order valence-corrected chi connectivity index (χ0v) is 13.1. The van der Waals surface area contributed by atoms with E-state index in [2.05, 4.69) is 15.9 Å². The fraction of sp³-hybridized carbons (Fsp3) is 0.500. The third-order valence-electron chi connectivity index (χ3n) is 2.63. The Morgan fingerprint density at radius 3 is 2.33 bits per heavy atom. The smallest absolute Gasteiger partial charge is 0.207 e. The molecule has 0 aliphatic heterocycles. The molecular formula is C12H17BrFNO2S. The van der Waals surface area contributed by atoms with E-state index in [0.717, 1.165) is 18.9 Å². The van der Waals surface area contributed by atoms with Gasteiger partial charge in [0.2, 0.25) is 10.0 Å². The summed E-state index contributed by atoms with van der Waals surface area (Å²) in [6.07, 6.45) is 1.77. The van der Waals surface area contributed by atoms with Gasteiger partial charge in [-0.1, -0.05) is 13.8 Å². The number of hydrogen-bond acceptors (Lipinski definition) is 2. The minimum Gasteiger partial charge on any atom is -0.207 e. The predicted octanol–water partition coefficient (Wildman–Crippen LogP) is 3.40. The Morgan fingerprint density at radius 1 is 1.33 bits per heavy atom. The van der Waals surface area contributed by atoms with E-state index in [-0.39, 0.29) is 15.4 Å². The van der Waals surface area contributed by atoms with Gasteiger partial charge in [0.25, 0.3) is 0 Å². The number of halogens is 2. The lowest BCUT2D eigenvalue weighted by Gasteiger charge is -2.16. The van der Waals surface area contributed by atoms with Crippen molar-refractivity contribution in [2.45, 2.75) is 37.6 Å². The highest BCUT2D eigenvalue weighted by molar-refractivity contribution is 9.10. The lowest BCUT2D eigenvalue weighted by Crippen LogP contribution is -2.28. The minimum atomic E-state index is -3.54. The number of nitrogens with zero attached hydrogens (tertiary/aromatic N) is 1. The van der Waals surface area contributed by atoms with Gasteiger partial charge in [-0.15, -0.1) is 0 Å². The van der Waals surface area contributed by atoms with E-state index in [0.29, 0.717) is 0 Å². The van der Waals surface area contributed by atoms with Crippen LogP contribution in [0.15, 0.2) is 27.6 Å². The van der Waals surface area contributed by atoms with Crippen LogP contribution in [0.4, 0.5) is 4.39 Å². The lowest BCUT2D eigenvalue weighted by molar-refractivity contribution is 0.463. The number of benzene rings is 1. The molecule has 0 unspecified atom stereocenters. The first-order valence-corrected chi connectivity index (χ1v) is 8.09. The SMILES string of the molecule is CC.CN(C1CC1)S(=O)(=O)c1ccc(Br)c(F)c1. The maximum atomic E-state index is 13.3. The second-order valence-electron chi connectivity index (χ2n) is 3.83. The maximum Gasteiger partial charge on any atom is 0.243 e. The molecule has 1 saturated carbocycles. The Balaban J connectivity index is 0.000000771. The molecule has 0 N–H and O–H groups in total. The van der Waals surface area contributed by atoms with Crippen molar-refractivity contribution in [3.8, 4) is 0 Å². The van der Waals surface area contributed by atoms with E-state index in [4.69, 9.17) is 0 Å². The molecule has 0 bridgehead atoms. The second kappa shape index (κ2) is 6.12. The zero-order chi connectivity index (χ0) is 13.9. The Kier molecular flexibility index (Phi) is 5.31. The average Bonchev–Trinajstić information content (AvgIpc) is 3.18. The van der Waals surface area contributed by atoms with E-state index in [9.17, 15) is 12.8 Å². The summed E-state index contributed by atoms with van der Waals surface area (Å²) >= 11 is 2.99. The fourth-order valence-electron chi connectivity index (χ4n) is 1.44. The molecule has 1 aromatic rings. The van der Waals surface area contributed by atoms with Crippen LogP contribution >= 0.6 is 15.9 Å². The quantitative estimate of drug-likeness (QED) is 0.847. The van der Waals surface area contributed by atoms with Crippen LogP contribution in [0.3, 0.4) is 0 Å². The van der Waals surface area contributed by atoms with Crippen LogP contribution in [0.5, 0.6) is 0 Å². The molecule has 102 valence electrons. The van der Waals surface area contributed by atoms with Gasteiger partial charge in [-0.25, -0.2) is 12.8 Å². The van der Waals surface area contributed by atoms with Crippen molar-refractivity contribution in [2.75, 3.05) is 7.05 Å². The Bertz CT molecular complexity index is 515. The van der Waals surface area contributed by atoms with Crippen LogP contribution in [0.25, 0.3) is 0 Å². The van der Waals surface area contributed by atoms with Gasteiger partial charge in [-0.05, 0) is 47.0 Å². The topological polar surface area (TPSA) is 37.4 Å².